The minimum absolute atomic E-state index is 0.262. The Balaban J connectivity index is 1.38. The van der Waals surface area contributed by atoms with E-state index in [9.17, 15) is 4.79 Å². The van der Waals surface area contributed by atoms with Crippen molar-refractivity contribution in [1.82, 2.24) is 25.1 Å². The van der Waals surface area contributed by atoms with Gasteiger partial charge in [0, 0.05) is 37.8 Å². The van der Waals surface area contributed by atoms with Gasteiger partial charge in [0.2, 0.25) is 5.91 Å². The molecule has 0 radical (unpaired) electrons. The van der Waals surface area contributed by atoms with Crippen LogP contribution in [-0.4, -0.2) is 32.2 Å². The van der Waals surface area contributed by atoms with Gasteiger partial charge in [0.25, 0.3) is 0 Å². The first-order valence-electron chi connectivity index (χ1n) is 8.63. The van der Waals surface area contributed by atoms with E-state index in [4.69, 9.17) is 0 Å². The number of fused-ring (bicyclic) bond motifs is 1. The molecule has 6 nitrogen and oxygen atoms in total. The van der Waals surface area contributed by atoms with Gasteiger partial charge >= 0.3 is 0 Å². The summed E-state index contributed by atoms with van der Waals surface area (Å²) in [4.78, 5) is 20.6. The maximum Gasteiger partial charge on any atom is 0.223 e. The molecule has 4 rings (SSSR count). The Kier molecular flexibility index (Phi) is 3.75. The van der Waals surface area contributed by atoms with Crippen LogP contribution >= 0.6 is 0 Å². The van der Waals surface area contributed by atoms with Crippen LogP contribution in [0.15, 0.2) is 12.4 Å². The molecule has 2 aliphatic carbocycles. The Morgan fingerprint density at radius 2 is 1.91 bits per heavy atom. The van der Waals surface area contributed by atoms with Crippen molar-refractivity contribution in [2.24, 2.45) is 18.9 Å². The smallest absolute Gasteiger partial charge is 0.223 e. The van der Waals surface area contributed by atoms with Crippen LogP contribution < -0.4 is 5.32 Å². The van der Waals surface area contributed by atoms with Crippen LogP contribution in [0, 0.1) is 11.8 Å². The van der Waals surface area contributed by atoms with Gasteiger partial charge in [0.15, 0.2) is 5.65 Å². The summed E-state index contributed by atoms with van der Waals surface area (Å²) in [5.74, 6) is 1.64. The number of nitrogens with one attached hydrogen (secondary N) is 1. The van der Waals surface area contributed by atoms with Gasteiger partial charge in [-0.15, -0.1) is 0 Å². The lowest BCUT2D eigenvalue weighted by Crippen LogP contribution is -2.32. The molecular formula is C17H23N5O. The molecule has 0 saturated heterocycles. The summed E-state index contributed by atoms with van der Waals surface area (Å²) in [6, 6.07) is 0. The predicted octanol–water partition coefficient (Wildman–Crippen LogP) is 2.16. The molecule has 0 spiro atoms. The predicted molar refractivity (Wildman–Crippen MR) is 86.7 cm³/mol. The molecule has 2 aliphatic rings. The van der Waals surface area contributed by atoms with E-state index in [-0.39, 0.29) is 5.91 Å². The molecule has 0 unspecified atom stereocenters. The third kappa shape index (κ3) is 2.94. The van der Waals surface area contributed by atoms with Crippen molar-refractivity contribution in [2.45, 2.75) is 44.4 Å². The van der Waals surface area contributed by atoms with Crippen LogP contribution in [0.25, 0.3) is 11.2 Å². The first-order valence-corrected chi connectivity index (χ1v) is 8.63. The number of nitrogens with zero attached hydrogens (tertiary/aromatic N) is 4. The molecular weight excluding hydrogens is 290 g/mol. The number of hydrogen-bond donors (Lipinski definition) is 1. The van der Waals surface area contributed by atoms with E-state index in [1.165, 1.54) is 0 Å². The van der Waals surface area contributed by atoms with E-state index in [0.717, 1.165) is 61.9 Å². The van der Waals surface area contributed by atoms with Crippen molar-refractivity contribution in [3.05, 3.63) is 18.1 Å². The molecule has 0 atom stereocenters. The number of hydrogen-bond acceptors (Lipinski definition) is 4. The number of aryl methyl sites for hydroxylation is 1. The molecule has 122 valence electrons. The van der Waals surface area contributed by atoms with Gasteiger partial charge in [-0.2, -0.15) is 5.10 Å². The largest absolute Gasteiger partial charge is 0.356 e. The number of aromatic nitrogens is 4. The van der Waals surface area contributed by atoms with E-state index in [1.807, 2.05) is 11.7 Å². The Labute approximate surface area is 135 Å². The third-order valence-corrected chi connectivity index (χ3v) is 5.23. The van der Waals surface area contributed by atoms with Crippen molar-refractivity contribution in [1.29, 1.82) is 0 Å². The molecule has 23 heavy (non-hydrogen) atoms. The van der Waals surface area contributed by atoms with Crippen LogP contribution in [0.3, 0.4) is 0 Å². The molecule has 1 amide bonds. The van der Waals surface area contributed by atoms with Crippen LogP contribution in [-0.2, 0) is 11.8 Å². The van der Waals surface area contributed by atoms with Crippen molar-refractivity contribution in [3.63, 3.8) is 0 Å². The molecule has 2 saturated carbocycles. The summed E-state index contributed by atoms with van der Waals surface area (Å²) in [5.41, 5.74) is 2.90. The highest BCUT2D eigenvalue weighted by atomic mass is 16.2. The van der Waals surface area contributed by atoms with Gasteiger partial charge in [-0.3, -0.25) is 4.79 Å². The van der Waals surface area contributed by atoms with E-state index >= 15 is 0 Å². The lowest BCUT2D eigenvalue weighted by atomic mass is 9.80. The van der Waals surface area contributed by atoms with Crippen LogP contribution in [0.4, 0.5) is 0 Å². The second-order valence-corrected chi connectivity index (χ2v) is 6.97. The van der Waals surface area contributed by atoms with Gasteiger partial charge in [0.05, 0.1) is 5.69 Å². The summed E-state index contributed by atoms with van der Waals surface area (Å²) in [6.07, 6.45) is 10.1. The van der Waals surface area contributed by atoms with Gasteiger partial charge in [-0.25, -0.2) is 14.6 Å². The van der Waals surface area contributed by atoms with E-state index in [1.54, 1.807) is 12.4 Å². The van der Waals surface area contributed by atoms with Crippen molar-refractivity contribution in [2.75, 3.05) is 6.54 Å². The second kappa shape index (κ2) is 5.91. The van der Waals surface area contributed by atoms with Gasteiger partial charge in [-0.05, 0) is 44.4 Å². The highest BCUT2D eigenvalue weighted by Gasteiger charge is 2.31. The fourth-order valence-corrected chi connectivity index (χ4v) is 3.65. The van der Waals surface area contributed by atoms with Crippen molar-refractivity contribution in [3.8, 4) is 0 Å². The van der Waals surface area contributed by atoms with Crippen molar-refractivity contribution < 1.29 is 4.79 Å². The molecule has 2 heterocycles. The number of rotatable bonds is 4. The molecule has 6 heteroatoms. The highest BCUT2D eigenvalue weighted by molar-refractivity contribution is 5.80. The lowest BCUT2D eigenvalue weighted by Gasteiger charge is -2.27. The lowest BCUT2D eigenvalue weighted by molar-refractivity contribution is -0.122. The second-order valence-electron chi connectivity index (χ2n) is 6.97. The normalized spacial score (nSPS) is 24.7. The van der Waals surface area contributed by atoms with Gasteiger partial charge in [0.1, 0.15) is 5.52 Å². The molecule has 0 aromatic carbocycles. The van der Waals surface area contributed by atoms with E-state index < -0.39 is 0 Å². The molecule has 0 bridgehead atoms. The zero-order valence-corrected chi connectivity index (χ0v) is 13.5. The Morgan fingerprint density at radius 1 is 1.17 bits per heavy atom. The zero-order chi connectivity index (χ0) is 15.8. The SMILES string of the molecule is Cn1nc(C2CCC(CNC(=O)C3CC3)CC2)c2nccnc21. The Hall–Kier alpha value is -1.98. The van der Waals surface area contributed by atoms with Crippen molar-refractivity contribution >= 4 is 17.1 Å². The summed E-state index contributed by atoms with van der Waals surface area (Å²) >= 11 is 0. The summed E-state index contributed by atoms with van der Waals surface area (Å²) < 4.78 is 1.83. The quantitative estimate of drug-likeness (QED) is 0.939. The number of carbonyl (C=O) groups excluding carboxylic acids is 1. The summed E-state index contributed by atoms with van der Waals surface area (Å²) in [5, 5.41) is 7.79. The summed E-state index contributed by atoms with van der Waals surface area (Å²) in [7, 11) is 1.93. The fraction of sp³-hybridized carbons (Fsp3) is 0.647. The number of carbonyl (C=O) groups is 1. The van der Waals surface area contributed by atoms with Gasteiger partial charge in [-0.1, -0.05) is 0 Å². The fourth-order valence-electron chi connectivity index (χ4n) is 3.65. The third-order valence-electron chi connectivity index (χ3n) is 5.23. The maximum absolute atomic E-state index is 11.7. The monoisotopic (exact) mass is 313 g/mol. The average Bonchev–Trinajstić information content (AvgIpc) is 3.38. The topological polar surface area (TPSA) is 72.7 Å². The Bertz CT molecular complexity index is 713. The molecule has 1 N–H and O–H groups in total. The molecule has 2 aromatic rings. The molecule has 2 fully saturated rings. The standard InChI is InChI=1S/C17H23N5O/c1-22-16-15(18-8-9-19-16)14(21-22)12-4-2-11(3-5-12)10-20-17(23)13-6-7-13/h8-9,11-13H,2-7,10H2,1H3,(H,20,23). The maximum atomic E-state index is 11.7. The Morgan fingerprint density at radius 3 is 2.65 bits per heavy atom. The first-order chi connectivity index (χ1) is 11.2. The van der Waals surface area contributed by atoms with Crippen LogP contribution in [0.5, 0.6) is 0 Å². The minimum Gasteiger partial charge on any atom is -0.356 e. The zero-order valence-electron chi connectivity index (χ0n) is 13.5. The molecule has 2 aromatic heterocycles. The molecule has 0 aliphatic heterocycles. The van der Waals surface area contributed by atoms with Crippen LogP contribution in [0.2, 0.25) is 0 Å². The number of amides is 1. The van der Waals surface area contributed by atoms with Gasteiger partial charge < -0.3 is 5.32 Å². The first kappa shape index (κ1) is 14.6. The summed E-state index contributed by atoms with van der Waals surface area (Å²) in [6.45, 7) is 0.838. The average molecular weight is 313 g/mol. The minimum atomic E-state index is 0.262. The van der Waals surface area contributed by atoms with E-state index in [2.05, 4.69) is 20.4 Å². The van der Waals surface area contributed by atoms with Crippen LogP contribution in [0.1, 0.15) is 50.1 Å². The van der Waals surface area contributed by atoms with E-state index in [0.29, 0.717) is 17.8 Å². The highest BCUT2D eigenvalue weighted by Crippen LogP contribution is 2.37.